The van der Waals surface area contributed by atoms with E-state index in [9.17, 15) is 8.78 Å². The lowest BCUT2D eigenvalue weighted by Crippen LogP contribution is -2.53. The zero-order valence-electron chi connectivity index (χ0n) is 8.67. The summed E-state index contributed by atoms with van der Waals surface area (Å²) in [5, 5.41) is 0. The molecule has 2 rings (SSSR count). The molecule has 0 aromatic rings. The Morgan fingerprint density at radius 2 is 2.07 bits per heavy atom. The highest BCUT2D eigenvalue weighted by Crippen LogP contribution is 2.36. The van der Waals surface area contributed by atoms with Crippen molar-refractivity contribution in [3.05, 3.63) is 0 Å². The smallest absolute Gasteiger partial charge is 0.318 e. The van der Waals surface area contributed by atoms with Gasteiger partial charge in [-0.05, 0) is 18.8 Å². The molecule has 2 fully saturated rings. The van der Waals surface area contributed by atoms with E-state index in [4.69, 9.17) is 0 Å². The summed E-state index contributed by atoms with van der Waals surface area (Å²) in [5.74, 6) is 0.453. The second kappa shape index (κ2) is 3.42. The molecule has 2 unspecified atom stereocenters. The first-order valence-corrected chi connectivity index (χ1v) is 5.27. The molecule has 0 amide bonds. The van der Waals surface area contributed by atoms with Crippen LogP contribution in [0.15, 0.2) is 0 Å². The summed E-state index contributed by atoms with van der Waals surface area (Å²) in [6.07, 6.45) is -0.908. The van der Waals surface area contributed by atoms with E-state index < -0.39 is 6.11 Å². The first kappa shape index (κ1) is 10.3. The van der Waals surface area contributed by atoms with Crippen LogP contribution < -0.4 is 0 Å². The van der Waals surface area contributed by atoms with Gasteiger partial charge in [0.15, 0.2) is 0 Å². The molecular formula is C10H17F2NO. The van der Waals surface area contributed by atoms with Crippen LogP contribution in [-0.2, 0) is 4.74 Å². The number of halogens is 2. The van der Waals surface area contributed by atoms with Gasteiger partial charge in [-0.3, -0.25) is 4.90 Å². The number of nitrogens with zero attached hydrogens (tertiary/aromatic N) is 1. The van der Waals surface area contributed by atoms with Gasteiger partial charge in [0.25, 0.3) is 0 Å². The summed E-state index contributed by atoms with van der Waals surface area (Å²) in [6, 6.07) is 0.539. The highest BCUT2D eigenvalue weighted by molar-refractivity contribution is 4.92. The van der Waals surface area contributed by atoms with Gasteiger partial charge in [0.2, 0.25) is 0 Å². The van der Waals surface area contributed by atoms with E-state index in [2.05, 4.69) is 18.6 Å². The number of rotatable bonds is 1. The number of hydrogen-bond acceptors (Lipinski definition) is 2. The molecule has 82 valence electrons. The van der Waals surface area contributed by atoms with Crippen LogP contribution >= 0.6 is 0 Å². The first-order chi connectivity index (χ1) is 6.49. The Bertz CT molecular complexity index is 220. The van der Waals surface area contributed by atoms with Crippen LogP contribution in [0.3, 0.4) is 0 Å². The van der Waals surface area contributed by atoms with Gasteiger partial charge in [-0.25, -0.2) is 0 Å². The maximum absolute atomic E-state index is 13.0. The Hall–Kier alpha value is -0.220. The van der Waals surface area contributed by atoms with Crippen molar-refractivity contribution in [1.82, 2.24) is 4.90 Å². The van der Waals surface area contributed by atoms with Crippen LogP contribution in [0.2, 0.25) is 0 Å². The van der Waals surface area contributed by atoms with E-state index in [1.165, 1.54) is 0 Å². The molecule has 0 N–H and O–H groups in total. The average Bonchev–Trinajstić information content (AvgIpc) is 2.44. The monoisotopic (exact) mass is 205 g/mol. The fourth-order valence-corrected chi connectivity index (χ4v) is 2.58. The number of morpholine rings is 1. The lowest BCUT2D eigenvalue weighted by atomic mass is 10.0. The Balaban J connectivity index is 2.07. The van der Waals surface area contributed by atoms with Crippen LogP contribution in [0.4, 0.5) is 8.78 Å². The Morgan fingerprint density at radius 1 is 1.36 bits per heavy atom. The zero-order chi connectivity index (χ0) is 10.3. The standard InChI is InChI=1S/C10H17F2NO/c1-7(2)9-4-3-8-5-14-10(11,12)6-13(8)9/h7-9H,3-6H2,1-2H3. The van der Waals surface area contributed by atoms with Crippen LogP contribution in [0, 0.1) is 5.92 Å². The third-order valence-corrected chi connectivity index (χ3v) is 3.31. The van der Waals surface area contributed by atoms with Gasteiger partial charge < -0.3 is 4.74 Å². The fourth-order valence-electron chi connectivity index (χ4n) is 2.58. The molecule has 2 atom stereocenters. The molecule has 0 spiro atoms. The van der Waals surface area contributed by atoms with Gasteiger partial charge in [-0.2, -0.15) is 8.78 Å². The maximum Gasteiger partial charge on any atom is 0.368 e. The molecule has 0 bridgehead atoms. The normalized spacial score (nSPS) is 37.5. The number of ether oxygens (including phenoxy) is 1. The van der Waals surface area contributed by atoms with Gasteiger partial charge in [0.1, 0.15) is 0 Å². The van der Waals surface area contributed by atoms with E-state index in [1.807, 2.05) is 4.90 Å². The number of fused-ring (bicyclic) bond motifs is 1. The molecule has 2 nitrogen and oxygen atoms in total. The molecule has 2 aliphatic rings. The van der Waals surface area contributed by atoms with Crippen molar-refractivity contribution < 1.29 is 13.5 Å². The summed E-state index contributed by atoms with van der Waals surface area (Å²) in [7, 11) is 0. The van der Waals surface area contributed by atoms with E-state index in [0.717, 1.165) is 12.8 Å². The highest BCUT2D eigenvalue weighted by Gasteiger charge is 2.47. The van der Waals surface area contributed by atoms with Crippen molar-refractivity contribution in [3.63, 3.8) is 0 Å². The van der Waals surface area contributed by atoms with Crippen molar-refractivity contribution >= 4 is 0 Å². The van der Waals surface area contributed by atoms with Crippen molar-refractivity contribution in [1.29, 1.82) is 0 Å². The molecular weight excluding hydrogens is 188 g/mol. The van der Waals surface area contributed by atoms with E-state index >= 15 is 0 Å². The molecule has 0 saturated carbocycles. The Morgan fingerprint density at radius 3 is 2.71 bits per heavy atom. The molecule has 14 heavy (non-hydrogen) atoms. The number of alkyl halides is 2. The summed E-state index contributed by atoms with van der Waals surface area (Å²) in [6.45, 7) is 4.16. The molecule has 2 saturated heterocycles. The minimum atomic E-state index is -2.94. The molecule has 2 aliphatic heterocycles. The van der Waals surface area contributed by atoms with Crippen LogP contribution in [0.5, 0.6) is 0 Å². The van der Waals surface area contributed by atoms with Gasteiger partial charge >= 0.3 is 6.11 Å². The quantitative estimate of drug-likeness (QED) is 0.650. The summed E-state index contributed by atoms with van der Waals surface area (Å²) >= 11 is 0. The summed E-state index contributed by atoms with van der Waals surface area (Å²) in [4.78, 5) is 1.94. The third kappa shape index (κ3) is 1.77. The molecule has 0 aliphatic carbocycles. The topological polar surface area (TPSA) is 12.5 Å². The summed E-state index contributed by atoms with van der Waals surface area (Å²) < 4.78 is 30.6. The van der Waals surface area contributed by atoms with E-state index in [1.54, 1.807) is 0 Å². The minimum absolute atomic E-state index is 0.191. The predicted octanol–water partition coefficient (Wildman–Crippen LogP) is 2.10. The van der Waals surface area contributed by atoms with Crippen molar-refractivity contribution in [2.45, 2.75) is 44.9 Å². The van der Waals surface area contributed by atoms with Gasteiger partial charge in [-0.1, -0.05) is 13.8 Å². The minimum Gasteiger partial charge on any atom is -0.318 e. The lowest BCUT2D eigenvalue weighted by molar-refractivity contribution is -0.281. The maximum atomic E-state index is 13.0. The lowest BCUT2D eigenvalue weighted by Gasteiger charge is -2.39. The second-order valence-corrected chi connectivity index (χ2v) is 4.66. The molecule has 4 heteroatoms. The predicted molar refractivity (Wildman–Crippen MR) is 49.3 cm³/mol. The van der Waals surface area contributed by atoms with Crippen LogP contribution in [0.1, 0.15) is 26.7 Å². The number of hydrogen-bond donors (Lipinski definition) is 0. The van der Waals surface area contributed by atoms with Gasteiger partial charge in [0.05, 0.1) is 13.2 Å². The fraction of sp³-hybridized carbons (Fsp3) is 1.00. The Kier molecular flexibility index (Phi) is 2.52. The summed E-state index contributed by atoms with van der Waals surface area (Å²) in [5.41, 5.74) is 0. The Labute approximate surface area is 83.2 Å². The van der Waals surface area contributed by atoms with Crippen molar-refractivity contribution in [3.8, 4) is 0 Å². The van der Waals surface area contributed by atoms with Crippen LogP contribution in [-0.4, -0.2) is 36.2 Å². The van der Waals surface area contributed by atoms with Crippen molar-refractivity contribution in [2.24, 2.45) is 5.92 Å². The molecule has 2 heterocycles. The van der Waals surface area contributed by atoms with Crippen LogP contribution in [0.25, 0.3) is 0 Å². The molecule has 0 aromatic carbocycles. The van der Waals surface area contributed by atoms with Crippen molar-refractivity contribution in [2.75, 3.05) is 13.2 Å². The van der Waals surface area contributed by atoms with E-state index in [-0.39, 0.29) is 19.2 Å². The second-order valence-electron chi connectivity index (χ2n) is 4.66. The van der Waals surface area contributed by atoms with E-state index in [0.29, 0.717) is 12.0 Å². The largest absolute Gasteiger partial charge is 0.368 e. The molecule has 0 aromatic heterocycles. The average molecular weight is 205 g/mol. The first-order valence-electron chi connectivity index (χ1n) is 5.27. The molecule has 0 radical (unpaired) electrons. The third-order valence-electron chi connectivity index (χ3n) is 3.31. The highest BCUT2D eigenvalue weighted by atomic mass is 19.3. The van der Waals surface area contributed by atoms with Gasteiger partial charge in [-0.15, -0.1) is 0 Å². The zero-order valence-corrected chi connectivity index (χ0v) is 8.67. The van der Waals surface area contributed by atoms with Gasteiger partial charge in [0, 0.05) is 12.1 Å². The SMILES string of the molecule is CC(C)C1CCC2COC(F)(F)CN21.